The number of hydrogen-bond acceptors (Lipinski definition) is 5. The van der Waals surface area contributed by atoms with Gasteiger partial charge in [0.25, 0.3) is 5.56 Å². The molecule has 4 rings (SSSR count). The number of aromatic nitrogens is 5. The topological polar surface area (TPSA) is 98.4 Å². The Morgan fingerprint density at radius 3 is 2.82 bits per heavy atom. The third-order valence-electron chi connectivity index (χ3n) is 4.90. The zero-order valence-electron chi connectivity index (χ0n) is 16.0. The highest BCUT2D eigenvalue weighted by Gasteiger charge is 2.17. The zero-order valence-corrected chi connectivity index (χ0v) is 16.0. The second-order valence-corrected chi connectivity index (χ2v) is 6.68. The van der Waals surface area contributed by atoms with Gasteiger partial charge in [-0.1, -0.05) is 12.1 Å². The molecule has 0 radical (unpaired) electrons. The Morgan fingerprint density at radius 1 is 1.25 bits per heavy atom. The van der Waals surface area contributed by atoms with Gasteiger partial charge in [0.2, 0.25) is 5.78 Å². The molecule has 0 saturated heterocycles. The molecule has 0 fully saturated rings. The van der Waals surface area contributed by atoms with Crippen LogP contribution >= 0.6 is 0 Å². The summed E-state index contributed by atoms with van der Waals surface area (Å²) >= 11 is 0. The van der Waals surface area contributed by atoms with E-state index in [-0.39, 0.29) is 0 Å². The Labute approximate surface area is 160 Å². The number of H-pyrrole nitrogens is 1. The summed E-state index contributed by atoms with van der Waals surface area (Å²) in [6, 6.07) is 7.79. The van der Waals surface area contributed by atoms with Crippen LogP contribution in [0.3, 0.4) is 0 Å². The maximum Gasteiger partial charge on any atom is 0.329 e. The maximum absolute atomic E-state index is 12.3. The van der Waals surface area contributed by atoms with Gasteiger partial charge in [-0.3, -0.25) is 18.7 Å². The average Bonchev–Trinajstić information content (AvgIpc) is 3.19. The second kappa shape index (κ2) is 6.91. The minimum absolute atomic E-state index is 0.379. The van der Waals surface area contributed by atoms with Gasteiger partial charge in [0, 0.05) is 32.0 Å². The van der Waals surface area contributed by atoms with Crippen LogP contribution in [0, 0.1) is 6.92 Å². The molecule has 0 bridgehead atoms. The highest BCUT2D eigenvalue weighted by Crippen LogP contribution is 2.23. The standard InChI is InChI=1S/C19H22N6O3/c1-12-11-25-15-16(23(2)19(27)22-17(15)26)21-18(25)24(12)10-6-9-20-13-7-4-5-8-14(13)28-3/h4-5,7-8,11,20H,6,9-10H2,1-3H3,(H,22,26,27). The van der Waals surface area contributed by atoms with E-state index in [1.807, 2.05) is 42.0 Å². The van der Waals surface area contributed by atoms with Gasteiger partial charge in [-0.25, -0.2) is 4.79 Å². The number of methoxy groups -OCH3 is 1. The summed E-state index contributed by atoms with van der Waals surface area (Å²) in [7, 11) is 3.25. The summed E-state index contributed by atoms with van der Waals surface area (Å²) in [4.78, 5) is 31.0. The Kier molecular flexibility index (Phi) is 4.42. The Bertz CT molecular complexity index is 1280. The van der Waals surface area contributed by atoms with Crippen LogP contribution in [0.25, 0.3) is 16.9 Å². The zero-order chi connectivity index (χ0) is 19.8. The molecule has 3 heterocycles. The minimum Gasteiger partial charge on any atom is -0.495 e. The number of nitrogens with one attached hydrogen (secondary N) is 2. The molecule has 0 saturated carbocycles. The van der Waals surface area contributed by atoms with Gasteiger partial charge in [0.1, 0.15) is 5.75 Å². The van der Waals surface area contributed by atoms with Gasteiger partial charge in [-0.05, 0) is 25.5 Å². The van der Waals surface area contributed by atoms with Crippen molar-refractivity contribution in [2.45, 2.75) is 19.9 Å². The molecule has 0 amide bonds. The van der Waals surface area contributed by atoms with E-state index in [4.69, 9.17) is 4.74 Å². The summed E-state index contributed by atoms with van der Waals surface area (Å²) in [6.45, 7) is 3.45. The van der Waals surface area contributed by atoms with Crippen LogP contribution in [0.5, 0.6) is 5.75 Å². The van der Waals surface area contributed by atoms with Crippen molar-refractivity contribution in [1.29, 1.82) is 0 Å². The number of anilines is 1. The molecule has 3 aromatic heterocycles. The average molecular weight is 382 g/mol. The van der Waals surface area contributed by atoms with Gasteiger partial charge in [-0.2, -0.15) is 4.98 Å². The minimum atomic E-state index is -0.470. The van der Waals surface area contributed by atoms with Crippen molar-refractivity contribution in [3.63, 3.8) is 0 Å². The van der Waals surface area contributed by atoms with Crippen molar-refractivity contribution in [3.05, 3.63) is 57.0 Å². The van der Waals surface area contributed by atoms with Gasteiger partial charge >= 0.3 is 5.69 Å². The van der Waals surface area contributed by atoms with Crippen molar-refractivity contribution in [2.75, 3.05) is 19.0 Å². The highest BCUT2D eigenvalue weighted by molar-refractivity contribution is 5.75. The predicted octanol–water partition coefficient (Wildman–Crippen LogP) is 1.50. The van der Waals surface area contributed by atoms with Crippen molar-refractivity contribution in [1.82, 2.24) is 23.5 Å². The van der Waals surface area contributed by atoms with Crippen LogP contribution in [0.15, 0.2) is 40.1 Å². The number of rotatable bonds is 6. The molecule has 0 spiro atoms. The van der Waals surface area contributed by atoms with Crippen molar-refractivity contribution < 1.29 is 4.74 Å². The lowest BCUT2D eigenvalue weighted by molar-refractivity contribution is 0.416. The van der Waals surface area contributed by atoms with Gasteiger partial charge in [0.15, 0.2) is 11.2 Å². The quantitative estimate of drug-likeness (QED) is 0.493. The Balaban J connectivity index is 1.59. The summed E-state index contributed by atoms with van der Waals surface area (Å²) in [5, 5.41) is 3.38. The van der Waals surface area contributed by atoms with Crippen molar-refractivity contribution in [3.8, 4) is 5.75 Å². The normalized spacial score (nSPS) is 11.4. The van der Waals surface area contributed by atoms with E-state index in [9.17, 15) is 9.59 Å². The van der Waals surface area contributed by atoms with Gasteiger partial charge in [0.05, 0.1) is 12.8 Å². The van der Waals surface area contributed by atoms with Crippen molar-refractivity contribution in [2.24, 2.45) is 7.05 Å². The van der Waals surface area contributed by atoms with Crippen LogP contribution in [0.2, 0.25) is 0 Å². The molecule has 2 N–H and O–H groups in total. The molecule has 28 heavy (non-hydrogen) atoms. The van der Waals surface area contributed by atoms with Crippen LogP contribution in [0.1, 0.15) is 12.1 Å². The summed E-state index contributed by atoms with van der Waals surface area (Å²) < 4.78 is 10.5. The number of imidazole rings is 2. The third kappa shape index (κ3) is 2.84. The van der Waals surface area contributed by atoms with E-state index in [1.165, 1.54) is 4.57 Å². The predicted molar refractivity (Wildman–Crippen MR) is 107 cm³/mol. The van der Waals surface area contributed by atoms with Gasteiger partial charge < -0.3 is 14.6 Å². The fourth-order valence-corrected chi connectivity index (χ4v) is 3.44. The molecule has 0 atom stereocenters. The number of ether oxygens (including phenoxy) is 1. The number of nitrogens with zero attached hydrogens (tertiary/aromatic N) is 4. The first-order valence-electron chi connectivity index (χ1n) is 9.05. The first-order chi connectivity index (χ1) is 13.5. The van der Waals surface area contributed by atoms with E-state index < -0.39 is 11.2 Å². The van der Waals surface area contributed by atoms with Crippen LogP contribution in [-0.2, 0) is 13.6 Å². The maximum atomic E-state index is 12.3. The molecular weight excluding hydrogens is 360 g/mol. The third-order valence-corrected chi connectivity index (χ3v) is 4.90. The first kappa shape index (κ1) is 17.9. The molecule has 0 unspecified atom stereocenters. The number of hydrogen-bond donors (Lipinski definition) is 2. The first-order valence-corrected chi connectivity index (χ1v) is 9.05. The van der Waals surface area contributed by atoms with E-state index in [0.29, 0.717) is 16.9 Å². The van der Waals surface area contributed by atoms with Crippen LogP contribution < -0.4 is 21.3 Å². The summed E-state index contributed by atoms with van der Waals surface area (Å²) in [5.74, 6) is 1.46. The molecule has 9 nitrogen and oxygen atoms in total. The van der Waals surface area contributed by atoms with E-state index >= 15 is 0 Å². The smallest absolute Gasteiger partial charge is 0.329 e. The van der Waals surface area contributed by atoms with Crippen LogP contribution in [0.4, 0.5) is 5.69 Å². The molecule has 0 aliphatic rings. The lowest BCUT2D eigenvalue weighted by Gasteiger charge is -2.11. The van der Waals surface area contributed by atoms with E-state index in [2.05, 4.69) is 15.3 Å². The van der Waals surface area contributed by atoms with E-state index in [0.717, 1.165) is 36.6 Å². The number of aromatic amines is 1. The fourth-order valence-electron chi connectivity index (χ4n) is 3.44. The number of aryl methyl sites for hydroxylation is 3. The highest BCUT2D eigenvalue weighted by atomic mass is 16.5. The largest absolute Gasteiger partial charge is 0.495 e. The molecule has 0 aliphatic carbocycles. The summed E-state index contributed by atoms with van der Waals surface area (Å²) in [5.41, 5.74) is 1.81. The number of para-hydroxylation sites is 2. The van der Waals surface area contributed by atoms with Gasteiger partial charge in [-0.15, -0.1) is 0 Å². The Morgan fingerprint density at radius 2 is 2.04 bits per heavy atom. The lowest BCUT2D eigenvalue weighted by atomic mass is 10.3. The molecule has 4 aromatic rings. The molecular formula is C19H22N6O3. The fraction of sp³-hybridized carbons (Fsp3) is 0.316. The monoisotopic (exact) mass is 382 g/mol. The molecule has 9 heteroatoms. The second-order valence-electron chi connectivity index (χ2n) is 6.68. The Hall–Kier alpha value is -3.49. The molecule has 1 aromatic carbocycles. The molecule has 0 aliphatic heterocycles. The van der Waals surface area contributed by atoms with Crippen LogP contribution in [-0.4, -0.2) is 37.2 Å². The number of benzene rings is 1. The van der Waals surface area contributed by atoms with E-state index in [1.54, 1.807) is 18.6 Å². The SMILES string of the molecule is COc1ccccc1NCCCn1c(C)cn2c3c(=O)[nH]c(=O)n(C)c3nc12. The lowest BCUT2D eigenvalue weighted by Crippen LogP contribution is -2.28. The molecule has 146 valence electrons. The van der Waals surface area contributed by atoms with Crippen molar-refractivity contribution >= 4 is 22.6 Å². The summed E-state index contributed by atoms with van der Waals surface area (Å²) in [6.07, 6.45) is 2.72. The number of fused-ring (bicyclic) bond motifs is 3.